The minimum absolute atomic E-state index is 0.0125. The van der Waals surface area contributed by atoms with Crippen LogP contribution >= 0.6 is 0 Å². The molecule has 0 aliphatic carbocycles. The van der Waals surface area contributed by atoms with Crippen molar-refractivity contribution in [2.24, 2.45) is 0 Å². The van der Waals surface area contributed by atoms with Gasteiger partial charge in [0, 0.05) is 12.1 Å². The summed E-state index contributed by atoms with van der Waals surface area (Å²) in [4.78, 5) is 24.5. The van der Waals surface area contributed by atoms with Crippen molar-refractivity contribution in [2.45, 2.75) is 33.1 Å². The van der Waals surface area contributed by atoms with Crippen molar-refractivity contribution >= 4 is 17.6 Å². The van der Waals surface area contributed by atoms with Gasteiger partial charge in [-0.3, -0.25) is 9.59 Å². The fourth-order valence-electron chi connectivity index (χ4n) is 2.90. The highest BCUT2D eigenvalue weighted by Crippen LogP contribution is 2.35. The van der Waals surface area contributed by atoms with Crippen LogP contribution in [0.4, 0.5) is 10.1 Å². The van der Waals surface area contributed by atoms with Gasteiger partial charge in [0.25, 0.3) is 0 Å². The number of amides is 1. The third kappa shape index (κ3) is 2.89. The van der Waals surface area contributed by atoms with E-state index in [4.69, 9.17) is 4.74 Å². The number of esters is 1. The minimum Gasteiger partial charge on any atom is -0.425 e. The molecule has 4 nitrogen and oxygen atoms in total. The minimum atomic E-state index is -0.742. The van der Waals surface area contributed by atoms with Gasteiger partial charge in [0.2, 0.25) is 5.91 Å². The number of rotatable bonds is 2. The summed E-state index contributed by atoms with van der Waals surface area (Å²) in [6.45, 7) is 5.70. The highest BCUT2D eigenvalue weighted by Gasteiger charge is 2.33. The Bertz CT molecular complexity index is 845. The molecule has 0 radical (unpaired) electrons. The van der Waals surface area contributed by atoms with Gasteiger partial charge in [-0.05, 0) is 55.2 Å². The van der Waals surface area contributed by atoms with E-state index in [2.05, 4.69) is 5.32 Å². The first kappa shape index (κ1) is 16.2. The molecule has 24 heavy (non-hydrogen) atoms. The van der Waals surface area contributed by atoms with Gasteiger partial charge in [-0.15, -0.1) is 0 Å². The number of nitrogens with one attached hydrogen (secondary N) is 1. The second-order valence-corrected chi connectivity index (χ2v) is 6.11. The van der Waals surface area contributed by atoms with Crippen molar-refractivity contribution in [1.82, 2.24) is 0 Å². The lowest BCUT2D eigenvalue weighted by Crippen LogP contribution is -2.30. The van der Waals surface area contributed by atoms with Gasteiger partial charge in [0.15, 0.2) is 0 Å². The normalized spacial score (nSPS) is 16.3. The molecule has 2 aromatic carbocycles. The molecule has 0 fully saturated rings. The molecule has 124 valence electrons. The van der Waals surface area contributed by atoms with Crippen LogP contribution in [-0.4, -0.2) is 11.9 Å². The lowest BCUT2D eigenvalue weighted by atomic mass is 9.90. The number of anilines is 1. The second-order valence-electron chi connectivity index (χ2n) is 6.11. The fourth-order valence-corrected chi connectivity index (χ4v) is 2.90. The second kappa shape index (κ2) is 6.07. The molecule has 1 unspecified atom stereocenters. The fraction of sp³-hybridized carbons (Fsp3) is 0.263. The maximum atomic E-state index is 13.4. The number of carbonyl (C=O) groups is 2. The standard InChI is InChI=1S/C19H18FNO3/c1-10-4-5-11(2)18(12(10)3)24-19(23)15-9-17(22)21-16-8-13(20)6-7-14(15)16/h4-8,15H,9H2,1-3H3,(H,21,22). The van der Waals surface area contributed by atoms with E-state index in [-0.39, 0.29) is 12.3 Å². The quantitative estimate of drug-likeness (QED) is 0.674. The van der Waals surface area contributed by atoms with Crippen LogP contribution in [0.5, 0.6) is 5.75 Å². The van der Waals surface area contributed by atoms with E-state index in [9.17, 15) is 14.0 Å². The Balaban J connectivity index is 1.95. The molecule has 1 atom stereocenters. The number of carbonyl (C=O) groups excluding carboxylic acids is 2. The number of fused-ring (bicyclic) bond motifs is 1. The van der Waals surface area contributed by atoms with Crippen LogP contribution in [0.3, 0.4) is 0 Å². The molecular formula is C19H18FNO3. The van der Waals surface area contributed by atoms with Gasteiger partial charge in [0.1, 0.15) is 11.6 Å². The van der Waals surface area contributed by atoms with Crippen molar-refractivity contribution in [3.8, 4) is 5.75 Å². The van der Waals surface area contributed by atoms with Crippen LogP contribution in [0.15, 0.2) is 30.3 Å². The number of halogens is 1. The summed E-state index contributed by atoms with van der Waals surface area (Å²) >= 11 is 0. The molecule has 1 amide bonds. The first-order valence-electron chi connectivity index (χ1n) is 7.74. The summed E-state index contributed by atoms with van der Waals surface area (Å²) in [7, 11) is 0. The SMILES string of the molecule is Cc1ccc(C)c(OC(=O)C2CC(=O)Nc3cc(F)ccc32)c1C. The van der Waals surface area contributed by atoms with Gasteiger partial charge < -0.3 is 10.1 Å². The highest BCUT2D eigenvalue weighted by atomic mass is 19.1. The maximum Gasteiger partial charge on any atom is 0.319 e. The highest BCUT2D eigenvalue weighted by molar-refractivity contribution is 6.00. The van der Waals surface area contributed by atoms with E-state index in [1.807, 2.05) is 32.9 Å². The summed E-state index contributed by atoms with van der Waals surface area (Å²) in [5.74, 6) is -1.51. The van der Waals surface area contributed by atoms with E-state index in [0.29, 0.717) is 17.0 Å². The molecular weight excluding hydrogens is 309 g/mol. The Morgan fingerprint density at radius 2 is 1.88 bits per heavy atom. The van der Waals surface area contributed by atoms with E-state index >= 15 is 0 Å². The smallest absolute Gasteiger partial charge is 0.319 e. The van der Waals surface area contributed by atoms with Gasteiger partial charge in [-0.1, -0.05) is 18.2 Å². The van der Waals surface area contributed by atoms with Gasteiger partial charge in [-0.2, -0.15) is 0 Å². The Hall–Kier alpha value is -2.69. The topological polar surface area (TPSA) is 55.4 Å². The van der Waals surface area contributed by atoms with Crippen LogP contribution in [0.2, 0.25) is 0 Å². The Labute approximate surface area is 139 Å². The van der Waals surface area contributed by atoms with Crippen LogP contribution in [0.25, 0.3) is 0 Å². The molecule has 2 aromatic rings. The van der Waals surface area contributed by atoms with Crippen LogP contribution in [0.1, 0.15) is 34.6 Å². The number of ether oxygens (including phenoxy) is 1. The van der Waals surface area contributed by atoms with E-state index in [0.717, 1.165) is 16.7 Å². The average molecular weight is 327 g/mol. The largest absolute Gasteiger partial charge is 0.425 e. The molecule has 0 saturated carbocycles. The molecule has 1 heterocycles. The zero-order valence-corrected chi connectivity index (χ0v) is 13.8. The third-order valence-electron chi connectivity index (χ3n) is 4.42. The summed E-state index contributed by atoms with van der Waals surface area (Å²) in [5, 5.41) is 2.59. The predicted molar refractivity (Wildman–Crippen MR) is 88.7 cm³/mol. The number of aryl methyl sites for hydroxylation is 2. The molecule has 0 spiro atoms. The molecule has 1 aliphatic heterocycles. The van der Waals surface area contributed by atoms with E-state index in [1.54, 1.807) is 0 Å². The van der Waals surface area contributed by atoms with Crippen LogP contribution < -0.4 is 10.1 Å². The first-order chi connectivity index (χ1) is 11.4. The Morgan fingerprint density at radius 3 is 2.62 bits per heavy atom. The van der Waals surface area contributed by atoms with Gasteiger partial charge >= 0.3 is 5.97 Å². The van der Waals surface area contributed by atoms with Crippen molar-refractivity contribution < 1.29 is 18.7 Å². The molecule has 1 N–H and O–H groups in total. The van der Waals surface area contributed by atoms with Crippen molar-refractivity contribution in [3.05, 3.63) is 58.4 Å². The number of hydrogen-bond acceptors (Lipinski definition) is 3. The zero-order chi connectivity index (χ0) is 17.4. The van der Waals surface area contributed by atoms with E-state index < -0.39 is 17.7 Å². The summed E-state index contributed by atoms with van der Waals surface area (Å²) in [5.41, 5.74) is 3.66. The predicted octanol–water partition coefficient (Wildman–Crippen LogP) is 3.78. The molecule has 0 saturated heterocycles. The zero-order valence-electron chi connectivity index (χ0n) is 13.8. The Morgan fingerprint density at radius 1 is 1.17 bits per heavy atom. The molecule has 0 aromatic heterocycles. The first-order valence-corrected chi connectivity index (χ1v) is 7.74. The van der Waals surface area contributed by atoms with Gasteiger partial charge in [-0.25, -0.2) is 4.39 Å². The Kier molecular flexibility index (Phi) is 4.09. The maximum absolute atomic E-state index is 13.4. The summed E-state index contributed by atoms with van der Waals surface area (Å²) in [6.07, 6.45) is -0.0125. The molecule has 0 bridgehead atoms. The number of benzene rings is 2. The number of hydrogen-bond donors (Lipinski definition) is 1. The monoisotopic (exact) mass is 327 g/mol. The van der Waals surface area contributed by atoms with Crippen molar-refractivity contribution in [1.29, 1.82) is 0 Å². The molecule has 5 heteroatoms. The van der Waals surface area contributed by atoms with E-state index in [1.165, 1.54) is 18.2 Å². The lowest BCUT2D eigenvalue weighted by molar-refractivity contribution is -0.138. The van der Waals surface area contributed by atoms with Crippen LogP contribution in [-0.2, 0) is 9.59 Å². The van der Waals surface area contributed by atoms with Crippen LogP contribution in [0, 0.1) is 26.6 Å². The molecule has 1 aliphatic rings. The summed E-state index contributed by atoms with van der Waals surface area (Å²) in [6, 6.07) is 7.87. The van der Waals surface area contributed by atoms with Crippen molar-refractivity contribution in [3.63, 3.8) is 0 Å². The summed E-state index contributed by atoms with van der Waals surface area (Å²) < 4.78 is 19.0. The lowest BCUT2D eigenvalue weighted by Gasteiger charge is -2.25. The van der Waals surface area contributed by atoms with Crippen molar-refractivity contribution in [2.75, 3.05) is 5.32 Å². The molecule has 3 rings (SSSR count). The average Bonchev–Trinajstić information content (AvgIpc) is 2.53. The van der Waals surface area contributed by atoms with Gasteiger partial charge in [0.05, 0.1) is 5.92 Å². The third-order valence-corrected chi connectivity index (χ3v) is 4.42.